The van der Waals surface area contributed by atoms with Crippen molar-refractivity contribution in [3.63, 3.8) is 0 Å². The van der Waals surface area contributed by atoms with Crippen molar-refractivity contribution in [2.75, 3.05) is 11.9 Å². The third-order valence-electron chi connectivity index (χ3n) is 6.16. The average molecular weight is 554 g/mol. The minimum absolute atomic E-state index is 0.0575. The first-order valence-corrected chi connectivity index (χ1v) is 13.9. The van der Waals surface area contributed by atoms with Gasteiger partial charge in [-0.15, -0.1) is 11.8 Å². The minimum Gasteiger partial charge on any atom is -0.506 e. The van der Waals surface area contributed by atoms with Gasteiger partial charge in [-0.3, -0.25) is 4.79 Å². The molecule has 1 amide bonds. The predicted octanol–water partition coefficient (Wildman–Crippen LogP) is 4.88. The van der Waals surface area contributed by atoms with Gasteiger partial charge in [0.25, 0.3) is 5.91 Å². The Hall–Kier alpha value is -4.09. The van der Waals surface area contributed by atoms with Crippen LogP contribution in [0.3, 0.4) is 0 Å². The smallest absolute Gasteiger partial charge is 0.348 e. The average Bonchev–Trinajstić information content (AvgIpc) is 2.90. The quantitative estimate of drug-likeness (QED) is 0.382. The molecular formula is C27H20FNO7S2. The van der Waals surface area contributed by atoms with Crippen LogP contribution in [0.15, 0.2) is 82.6 Å². The third kappa shape index (κ3) is 4.54. The number of aliphatic hydroxyl groups excluding tert-OH is 2. The highest BCUT2D eigenvalue weighted by Gasteiger charge is 2.44. The number of nitrogens with one attached hydrogen (secondary N) is 1. The Labute approximate surface area is 221 Å². The molecular weight excluding hydrogens is 533 g/mol. The maximum Gasteiger partial charge on any atom is 0.348 e. The highest BCUT2D eigenvalue weighted by atomic mass is 32.2. The first-order valence-electron chi connectivity index (χ1n) is 11.3. The second-order valence-corrected chi connectivity index (χ2v) is 11.5. The lowest BCUT2D eigenvalue weighted by Crippen LogP contribution is -2.32. The second-order valence-electron chi connectivity index (χ2n) is 8.48. The number of aliphatic hydroxyl groups is 2. The Bertz CT molecular complexity index is 1630. The van der Waals surface area contributed by atoms with Crippen LogP contribution in [-0.2, 0) is 29.9 Å². The summed E-state index contributed by atoms with van der Waals surface area (Å²) >= 11 is 1.07. The zero-order valence-electron chi connectivity index (χ0n) is 19.5. The number of fused-ring (bicyclic) bond motifs is 2. The van der Waals surface area contributed by atoms with Crippen LogP contribution in [0.5, 0.6) is 0 Å². The maximum atomic E-state index is 13.6. The molecule has 0 fully saturated rings. The zero-order valence-corrected chi connectivity index (χ0v) is 21.2. The molecule has 38 heavy (non-hydrogen) atoms. The van der Waals surface area contributed by atoms with E-state index in [1.54, 1.807) is 24.3 Å². The van der Waals surface area contributed by atoms with Gasteiger partial charge in [0, 0.05) is 22.6 Å². The first kappa shape index (κ1) is 25.6. The number of halogens is 1. The van der Waals surface area contributed by atoms with Crippen molar-refractivity contribution in [2.45, 2.75) is 11.0 Å². The first-order chi connectivity index (χ1) is 18.2. The van der Waals surface area contributed by atoms with Crippen molar-refractivity contribution >= 4 is 50.7 Å². The van der Waals surface area contributed by atoms with Crippen molar-refractivity contribution < 1.29 is 37.3 Å². The van der Waals surface area contributed by atoms with Gasteiger partial charge in [-0.25, -0.2) is 17.6 Å². The minimum atomic E-state index is -4.56. The Morgan fingerprint density at radius 1 is 0.947 bits per heavy atom. The summed E-state index contributed by atoms with van der Waals surface area (Å²) in [6.07, 6.45) is 0. The third-order valence-corrected chi connectivity index (χ3v) is 9.35. The molecule has 2 aliphatic rings. The van der Waals surface area contributed by atoms with E-state index in [0.717, 1.165) is 29.5 Å². The summed E-state index contributed by atoms with van der Waals surface area (Å²) in [6.45, 7) is -0.669. The van der Waals surface area contributed by atoms with Gasteiger partial charge in [-0.05, 0) is 35.4 Å². The van der Waals surface area contributed by atoms with Gasteiger partial charge < -0.3 is 20.3 Å². The molecule has 3 N–H and O–H groups in total. The molecule has 0 radical (unpaired) electrons. The fourth-order valence-corrected chi connectivity index (χ4v) is 7.02. The number of carbonyl (C=O) groups is 2. The number of amides is 1. The van der Waals surface area contributed by atoms with E-state index < -0.39 is 50.1 Å². The van der Waals surface area contributed by atoms with Crippen LogP contribution in [-0.4, -0.2) is 37.1 Å². The molecule has 194 valence electrons. The van der Waals surface area contributed by atoms with E-state index in [-0.39, 0.29) is 27.5 Å². The number of carbonyl (C=O) groups excluding carboxylic acids is 2. The summed E-state index contributed by atoms with van der Waals surface area (Å²) in [7, 11) is -4.56. The Morgan fingerprint density at radius 2 is 1.61 bits per heavy atom. The molecule has 2 heterocycles. The molecule has 0 aliphatic carbocycles. The molecule has 0 saturated heterocycles. The number of ether oxygens (including phenoxy) is 1. The highest BCUT2D eigenvalue weighted by Crippen LogP contribution is 2.42. The summed E-state index contributed by atoms with van der Waals surface area (Å²) in [6, 6.07) is 17.7. The lowest BCUT2D eigenvalue weighted by Gasteiger charge is -2.27. The Balaban J connectivity index is 1.45. The van der Waals surface area contributed by atoms with E-state index in [9.17, 15) is 32.6 Å². The summed E-state index contributed by atoms with van der Waals surface area (Å²) in [5.74, 6) is -3.18. The van der Waals surface area contributed by atoms with Gasteiger partial charge in [-0.2, -0.15) is 0 Å². The van der Waals surface area contributed by atoms with Crippen molar-refractivity contribution in [1.82, 2.24) is 0 Å². The Morgan fingerprint density at radius 3 is 2.34 bits per heavy atom. The molecule has 0 spiro atoms. The number of hydrogen-bond donors (Lipinski definition) is 3. The van der Waals surface area contributed by atoms with Crippen LogP contribution in [0, 0.1) is 5.82 Å². The van der Waals surface area contributed by atoms with Gasteiger partial charge in [0.15, 0.2) is 14.7 Å². The van der Waals surface area contributed by atoms with Crippen LogP contribution in [0.1, 0.15) is 27.5 Å². The molecule has 5 rings (SSSR count). The van der Waals surface area contributed by atoms with E-state index in [1.165, 1.54) is 24.3 Å². The second kappa shape index (κ2) is 9.99. The van der Waals surface area contributed by atoms with Crippen molar-refractivity contribution in [2.24, 2.45) is 0 Å². The summed E-state index contributed by atoms with van der Waals surface area (Å²) in [5, 5.41) is 22.3. The number of rotatable bonds is 5. The van der Waals surface area contributed by atoms with E-state index >= 15 is 0 Å². The largest absolute Gasteiger partial charge is 0.506 e. The molecule has 11 heteroatoms. The number of esters is 1. The van der Waals surface area contributed by atoms with Crippen LogP contribution in [0.2, 0.25) is 0 Å². The summed E-state index contributed by atoms with van der Waals surface area (Å²) in [5.41, 5.74) is 1.69. The molecule has 1 unspecified atom stereocenters. The lowest BCUT2D eigenvalue weighted by molar-refractivity contribution is -0.138. The fourth-order valence-electron chi connectivity index (χ4n) is 4.29. The van der Waals surface area contributed by atoms with Gasteiger partial charge in [0.1, 0.15) is 34.1 Å². The van der Waals surface area contributed by atoms with Crippen LogP contribution in [0.25, 0.3) is 11.5 Å². The molecule has 2 aliphatic heterocycles. The molecule has 0 saturated carbocycles. The van der Waals surface area contributed by atoms with Gasteiger partial charge in [0.05, 0.1) is 0 Å². The molecule has 0 aromatic heterocycles. The van der Waals surface area contributed by atoms with E-state index in [2.05, 4.69) is 5.32 Å². The highest BCUT2D eigenvalue weighted by molar-refractivity contribution is 8.03. The molecule has 3 aromatic carbocycles. The molecule has 8 nitrogen and oxygen atoms in total. The number of thioether (sulfide) groups is 1. The van der Waals surface area contributed by atoms with Gasteiger partial charge >= 0.3 is 5.97 Å². The lowest BCUT2D eigenvalue weighted by atomic mass is 10.0. The summed E-state index contributed by atoms with van der Waals surface area (Å²) < 4.78 is 45.8. The van der Waals surface area contributed by atoms with E-state index in [0.29, 0.717) is 11.3 Å². The van der Waals surface area contributed by atoms with E-state index in [1.807, 2.05) is 12.1 Å². The molecule has 3 aromatic rings. The molecule has 1 atom stereocenters. The standard InChI is InChI=1S/C27H20FNO7S2/c28-16-9-11-17(12-10-16)29-26(32)25-23(31)20-8-4-3-7-19(20)21(38(25,34)35)13-36-27(33)24-22(30)18-6-2-1-5-15(18)14-37-24/h1-12,21,30-31H,13-14H2,(H,29,32). The van der Waals surface area contributed by atoms with Crippen molar-refractivity contribution in [1.29, 1.82) is 0 Å². The zero-order chi connectivity index (χ0) is 27.0. The SMILES string of the molecule is O=C(Nc1ccc(F)cc1)C1=C(O)c2ccccc2C(COC(=O)C2=C(O)c3ccccc3CS2)S1(=O)=O. The Kier molecular flexibility index (Phi) is 6.72. The normalized spacial score (nSPS) is 17.9. The van der Waals surface area contributed by atoms with Gasteiger partial charge in [-0.1, -0.05) is 48.5 Å². The molecule has 0 bridgehead atoms. The van der Waals surface area contributed by atoms with Crippen LogP contribution in [0.4, 0.5) is 10.1 Å². The fraction of sp³-hybridized carbons (Fsp3) is 0.111. The van der Waals surface area contributed by atoms with E-state index in [4.69, 9.17) is 4.74 Å². The maximum absolute atomic E-state index is 13.6. The van der Waals surface area contributed by atoms with Crippen LogP contribution >= 0.6 is 11.8 Å². The monoisotopic (exact) mass is 553 g/mol. The number of hydrogen-bond acceptors (Lipinski definition) is 8. The topological polar surface area (TPSA) is 130 Å². The summed E-state index contributed by atoms with van der Waals surface area (Å²) in [4.78, 5) is 25.0. The predicted molar refractivity (Wildman–Crippen MR) is 141 cm³/mol. The van der Waals surface area contributed by atoms with Crippen molar-refractivity contribution in [3.05, 3.63) is 111 Å². The number of sulfone groups is 1. The number of benzene rings is 3. The van der Waals surface area contributed by atoms with Crippen LogP contribution < -0.4 is 5.32 Å². The van der Waals surface area contributed by atoms with Crippen molar-refractivity contribution in [3.8, 4) is 0 Å². The number of anilines is 1. The van der Waals surface area contributed by atoms with Gasteiger partial charge in [0.2, 0.25) is 0 Å².